The fraction of sp³-hybridized carbons (Fsp3) is 0.444. The first-order valence-electron chi connectivity index (χ1n) is 8.06. The van der Waals surface area contributed by atoms with Gasteiger partial charge in [-0.05, 0) is 24.0 Å². The Morgan fingerprint density at radius 2 is 2.13 bits per heavy atom. The number of carbonyl (C=O) groups excluding carboxylic acids is 2. The zero-order chi connectivity index (χ0) is 16.4. The summed E-state index contributed by atoms with van der Waals surface area (Å²) >= 11 is 0. The van der Waals surface area contributed by atoms with Crippen molar-refractivity contribution in [2.75, 3.05) is 6.54 Å². The maximum Gasteiger partial charge on any atom is 0.303 e. The van der Waals surface area contributed by atoms with Crippen molar-refractivity contribution >= 4 is 22.8 Å². The second-order valence-corrected chi connectivity index (χ2v) is 6.73. The number of aromatic nitrogens is 1. The summed E-state index contributed by atoms with van der Waals surface area (Å²) < 4.78 is 5.44. The van der Waals surface area contributed by atoms with Crippen LogP contribution in [-0.4, -0.2) is 34.4 Å². The summed E-state index contributed by atoms with van der Waals surface area (Å²) in [4.78, 5) is 29.4. The second-order valence-electron chi connectivity index (χ2n) is 6.73. The van der Waals surface area contributed by atoms with E-state index in [1.54, 1.807) is 0 Å². The zero-order valence-corrected chi connectivity index (χ0v) is 13.6. The van der Waals surface area contributed by atoms with Crippen molar-refractivity contribution in [2.24, 2.45) is 5.92 Å². The lowest BCUT2D eigenvalue weighted by Crippen LogP contribution is -2.77. The standard InChI is InChI=1S/C18H20N2O3/c1-10(2)18-15-13(12-6-4-5-7-14(12)19-15)8-9-20(18)17(22)16(18)23-11(3)21/h4-7,10,16,19H,8-9H2,1-3H3/t16?,18-/m0/s1. The Morgan fingerprint density at radius 3 is 2.83 bits per heavy atom. The van der Waals surface area contributed by atoms with E-state index in [1.165, 1.54) is 17.9 Å². The fourth-order valence-corrected chi connectivity index (χ4v) is 4.38. The molecule has 0 aliphatic carbocycles. The number of β-lactam (4-membered cyclic amide) rings is 1. The van der Waals surface area contributed by atoms with Gasteiger partial charge in [-0.2, -0.15) is 0 Å². The van der Waals surface area contributed by atoms with Gasteiger partial charge in [-0.3, -0.25) is 9.59 Å². The zero-order valence-electron chi connectivity index (χ0n) is 13.6. The van der Waals surface area contributed by atoms with Gasteiger partial charge in [0.2, 0.25) is 6.10 Å². The van der Waals surface area contributed by atoms with Crippen LogP contribution in [0.1, 0.15) is 32.0 Å². The first kappa shape index (κ1) is 14.3. The number of benzene rings is 1. The summed E-state index contributed by atoms with van der Waals surface area (Å²) in [7, 11) is 0. The van der Waals surface area contributed by atoms with Crippen LogP contribution in [0.2, 0.25) is 0 Å². The number of nitrogens with zero attached hydrogens (tertiary/aromatic N) is 1. The number of aromatic amines is 1. The van der Waals surface area contributed by atoms with Crippen molar-refractivity contribution in [3.05, 3.63) is 35.5 Å². The molecule has 0 radical (unpaired) electrons. The first-order chi connectivity index (χ1) is 11.0. The number of carbonyl (C=O) groups is 2. The largest absolute Gasteiger partial charge is 0.449 e. The molecule has 1 fully saturated rings. The van der Waals surface area contributed by atoms with E-state index in [-0.39, 0.29) is 11.8 Å². The number of para-hydroxylation sites is 1. The number of rotatable bonds is 2. The molecule has 1 aromatic carbocycles. The maximum atomic E-state index is 12.5. The molecular formula is C18H20N2O3. The van der Waals surface area contributed by atoms with Crippen molar-refractivity contribution < 1.29 is 14.3 Å². The van der Waals surface area contributed by atoms with Crippen LogP contribution >= 0.6 is 0 Å². The molecule has 0 spiro atoms. The lowest BCUT2D eigenvalue weighted by molar-refractivity contribution is -0.211. The van der Waals surface area contributed by atoms with Crippen LogP contribution in [0.3, 0.4) is 0 Å². The molecule has 2 aliphatic heterocycles. The van der Waals surface area contributed by atoms with Gasteiger partial charge in [0.1, 0.15) is 5.54 Å². The van der Waals surface area contributed by atoms with Crippen LogP contribution in [0, 0.1) is 5.92 Å². The topological polar surface area (TPSA) is 62.4 Å². The van der Waals surface area contributed by atoms with Crippen LogP contribution in [-0.2, 0) is 26.3 Å². The molecule has 0 saturated carbocycles. The van der Waals surface area contributed by atoms with Crippen LogP contribution in [0.25, 0.3) is 10.9 Å². The quantitative estimate of drug-likeness (QED) is 0.684. The van der Waals surface area contributed by atoms with E-state index in [1.807, 2.05) is 23.1 Å². The normalized spacial score (nSPS) is 26.0. The highest BCUT2D eigenvalue weighted by molar-refractivity contribution is 5.95. The van der Waals surface area contributed by atoms with Gasteiger partial charge in [-0.15, -0.1) is 0 Å². The van der Waals surface area contributed by atoms with Gasteiger partial charge >= 0.3 is 5.97 Å². The molecule has 3 heterocycles. The third-order valence-corrected chi connectivity index (χ3v) is 5.30. The molecule has 4 rings (SSSR count). The molecule has 1 aromatic heterocycles. The summed E-state index contributed by atoms with van der Waals surface area (Å²) in [5, 5.41) is 1.20. The number of hydrogen-bond donors (Lipinski definition) is 1. The highest BCUT2D eigenvalue weighted by Gasteiger charge is 2.67. The van der Waals surface area contributed by atoms with E-state index >= 15 is 0 Å². The SMILES string of the molecule is CC(=O)OC1C(=O)N2CCc3c([nH]c4ccccc34)[C@@]12C(C)C. The molecule has 2 atom stereocenters. The molecular weight excluding hydrogens is 292 g/mol. The van der Waals surface area contributed by atoms with Crippen LogP contribution in [0.5, 0.6) is 0 Å². The Labute approximate surface area is 134 Å². The van der Waals surface area contributed by atoms with E-state index in [4.69, 9.17) is 4.74 Å². The first-order valence-corrected chi connectivity index (χ1v) is 8.06. The van der Waals surface area contributed by atoms with Crippen molar-refractivity contribution in [2.45, 2.75) is 38.8 Å². The molecule has 0 bridgehead atoms. The summed E-state index contributed by atoms with van der Waals surface area (Å²) in [6, 6.07) is 8.18. The van der Waals surface area contributed by atoms with Crippen molar-refractivity contribution in [1.29, 1.82) is 0 Å². The molecule has 2 aromatic rings. The predicted molar refractivity (Wildman–Crippen MR) is 85.8 cm³/mol. The minimum absolute atomic E-state index is 0.0850. The fourth-order valence-electron chi connectivity index (χ4n) is 4.38. The number of H-pyrrole nitrogens is 1. The average molecular weight is 312 g/mol. The second kappa shape index (κ2) is 4.60. The summed E-state index contributed by atoms with van der Waals surface area (Å²) in [6.07, 6.45) is 0.0962. The number of esters is 1. The molecule has 1 saturated heterocycles. The Morgan fingerprint density at radius 1 is 1.39 bits per heavy atom. The van der Waals surface area contributed by atoms with Gasteiger partial charge in [0.25, 0.3) is 5.91 Å². The lowest BCUT2D eigenvalue weighted by atomic mass is 9.66. The number of ether oxygens (including phenoxy) is 1. The molecule has 1 amide bonds. The van der Waals surface area contributed by atoms with E-state index in [2.05, 4.69) is 24.9 Å². The van der Waals surface area contributed by atoms with E-state index in [0.29, 0.717) is 6.54 Å². The van der Waals surface area contributed by atoms with Crippen LogP contribution < -0.4 is 0 Å². The van der Waals surface area contributed by atoms with Crippen LogP contribution in [0.15, 0.2) is 24.3 Å². The summed E-state index contributed by atoms with van der Waals surface area (Å²) in [6.45, 7) is 6.19. The molecule has 23 heavy (non-hydrogen) atoms. The van der Waals surface area contributed by atoms with Gasteiger partial charge < -0.3 is 14.6 Å². The van der Waals surface area contributed by atoms with E-state index in [9.17, 15) is 9.59 Å². The molecule has 5 heteroatoms. The third kappa shape index (κ3) is 1.62. The van der Waals surface area contributed by atoms with Crippen LogP contribution in [0.4, 0.5) is 0 Å². The number of amides is 1. The van der Waals surface area contributed by atoms with Crippen molar-refractivity contribution in [1.82, 2.24) is 9.88 Å². The Kier molecular flexibility index (Phi) is 2.86. The summed E-state index contributed by atoms with van der Waals surface area (Å²) in [5.41, 5.74) is 2.77. The third-order valence-electron chi connectivity index (χ3n) is 5.30. The van der Waals surface area contributed by atoms with Crippen molar-refractivity contribution in [3.63, 3.8) is 0 Å². The molecule has 2 aliphatic rings. The monoisotopic (exact) mass is 312 g/mol. The number of hydrogen-bond acceptors (Lipinski definition) is 3. The smallest absolute Gasteiger partial charge is 0.303 e. The Bertz CT molecular complexity index is 823. The average Bonchev–Trinajstić information content (AvgIpc) is 2.89. The molecule has 1 N–H and O–H groups in total. The number of nitrogens with one attached hydrogen (secondary N) is 1. The minimum Gasteiger partial charge on any atom is -0.449 e. The summed E-state index contributed by atoms with van der Waals surface area (Å²) in [5.74, 6) is -0.360. The highest BCUT2D eigenvalue weighted by atomic mass is 16.6. The predicted octanol–water partition coefficient (Wildman–Crippen LogP) is 2.35. The Balaban J connectivity index is 1.95. The van der Waals surface area contributed by atoms with Gasteiger partial charge in [0, 0.05) is 24.4 Å². The van der Waals surface area contributed by atoms with E-state index < -0.39 is 17.6 Å². The van der Waals surface area contributed by atoms with Gasteiger partial charge in [0.15, 0.2) is 0 Å². The maximum absolute atomic E-state index is 12.5. The number of fused-ring (bicyclic) bond motifs is 5. The van der Waals surface area contributed by atoms with Gasteiger partial charge in [-0.1, -0.05) is 32.0 Å². The van der Waals surface area contributed by atoms with Gasteiger partial charge in [0.05, 0.1) is 5.69 Å². The Hall–Kier alpha value is -2.30. The highest BCUT2D eigenvalue weighted by Crippen LogP contribution is 2.53. The van der Waals surface area contributed by atoms with Crippen molar-refractivity contribution in [3.8, 4) is 0 Å². The molecule has 1 unspecified atom stereocenters. The van der Waals surface area contributed by atoms with E-state index in [0.717, 1.165) is 17.6 Å². The van der Waals surface area contributed by atoms with Gasteiger partial charge in [-0.25, -0.2) is 0 Å². The lowest BCUT2D eigenvalue weighted by Gasteiger charge is -2.60. The molecule has 5 nitrogen and oxygen atoms in total. The molecule has 120 valence electrons. The minimum atomic E-state index is -0.730.